The Hall–Kier alpha value is -3.37. The molecular weight excluding hydrogens is 428 g/mol. The van der Waals surface area contributed by atoms with E-state index in [9.17, 15) is 4.79 Å². The Bertz CT molecular complexity index is 1300. The van der Waals surface area contributed by atoms with Gasteiger partial charge in [0.05, 0.1) is 20.0 Å². The van der Waals surface area contributed by atoms with E-state index in [1.54, 1.807) is 7.11 Å². The van der Waals surface area contributed by atoms with Gasteiger partial charge in [0.1, 0.15) is 12.1 Å². The monoisotopic (exact) mass is 454 g/mol. The van der Waals surface area contributed by atoms with Crippen molar-refractivity contribution in [3.63, 3.8) is 0 Å². The van der Waals surface area contributed by atoms with Gasteiger partial charge in [-0.1, -0.05) is 12.1 Å². The number of fused-ring (bicyclic) bond motifs is 1. The fourth-order valence-electron chi connectivity index (χ4n) is 3.59. The van der Waals surface area contributed by atoms with Crippen molar-refractivity contribution in [2.75, 3.05) is 13.7 Å². The minimum atomic E-state index is -0.257. The number of H-pyrrole nitrogens is 2. The zero-order chi connectivity index (χ0) is 22.5. The molecule has 0 amide bonds. The number of methoxy groups -OCH3 is 1. The standard InChI is InChI=1S/C22H26N6O3S/c1-15(13-28-20-19(24-14-25-20)21(29)26-22(28)32)23-12-16-6-5-9-27(16)10-11-31-18-8-4-3-7-17(18)30-2/h3-9,14-15,23H,10-13H2,1-2H3,(H,24,25)(H,26,29,32). The summed E-state index contributed by atoms with van der Waals surface area (Å²) in [6, 6.07) is 11.8. The highest BCUT2D eigenvalue weighted by Crippen LogP contribution is 2.25. The molecule has 0 aliphatic carbocycles. The lowest BCUT2D eigenvalue weighted by atomic mass is 10.3. The van der Waals surface area contributed by atoms with E-state index in [0.29, 0.717) is 35.6 Å². The van der Waals surface area contributed by atoms with Crippen LogP contribution in [0.5, 0.6) is 11.5 Å². The van der Waals surface area contributed by atoms with Crippen LogP contribution in [-0.2, 0) is 19.6 Å². The van der Waals surface area contributed by atoms with E-state index < -0.39 is 0 Å². The van der Waals surface area contributed by atoms with Crippen molar-refractivity contribution in [2.24, 2.45) is 0 Å². The lowest BCUT2D eigenvalue weighted by Crippen LogP contribution is -2.32. The zero-order valence-electron chi connectivity index (χ0n) is 18.0. The van der Waals surface area contributed by atoms with Crippen LogP contribution in [0.25, 0.3) is 11.2 Å². The molecule has 32 heavy (non-hydrogen) atoms. The third-order valence-corrected chi connectivity index (χ3v) is 5.56. The predicted octanol–water partition coefficient (Wildman–Crippen LogP) is 2.85. The fourth-order valence-corrected chi connectivity index (χ4v) is 3.84. The van der Waals surface area contributed by atoms with Gasteiger partial charge in [-0.25, -0.2) is 4.98 Å². The van der Waals surface area contributed by atoms with Crippen LogP contribution < -0.4 is 20.3 Å². The normalized spacial score (nSPS) is 12.2. The number of rotatable bonds is 10. The van der Waals surface area contributed by atoms with Crippen molar-refractivity contribution < 1.29 is 9.47 Å². The number of hydrogen-bond donors (Lipinski definition) is 3. The van der Waals surface area contributed by atoms with Gasteiger partial charge in [0.25, 0.3) is 5.56 Å². The first-order chi connectivity index (χ1) is 15.6. The van der Waals surface area contributed by atoms with E-state index in [4.69, 9.17) is 21.7 Å². The van der Waals surface area contributed by atoms with Crippen molar-refractivity contribution in [2.45, 2.75) is 32.6 Å². The van der Waals surface area contributed by atoms with Crippen LogP contribution in [0.2, 0.25) is 0 Å². The number of nitrogens with zero attached hydrogens (tertiary/aromatic N) is 3. The van der Waals surface area contributed by atoms with Crippen LogP contribution >= 0.6 is 12.2 Å². The molecule has 0 saturated carbocycles. The molecular formula is C22H26N6O3S. The maximum absolute atomic E-state index is 12.0. The van der Waals surface area contributed by atoms with E-state index in [1.165, 1.54) is 6.33 Å². The number of benzene rings is 1. The molecule has 3 N–H and O–H groups in total. The van der Waals surface area contributed by atoms with Crippen molar-refractivity contribution >= 4 is 23.4 Å². The number of hydrogen-bond acceptors (Lipinski definition) is 6. The highest BCUT2D eigenvalue weighted by atomic mass is 32.1. The van der Waals surface area contributed by atoms with Crippen molar-refractivity contribution in [3.8, 4) is 11.5 Å². The Morgan fingerprint density at radius 1 is 1.22 bits per heavy atom. The molecule has 0 fully saturated rings. The van der Waals surface area contributed by atoms with Gasteiger partial charge in [0.2, 0.25) is 0 Å². The SMILES string of the molecule is COc1ccccc1OCCn1cccc1CNC(C)Cn1c(=S)[nH]c(=O)c2[nH]cnc21. The van der Waals surface area contributed by atoms with Crippen molar-refractivity contribution in [3.05, 3.63) is 69.7 Å². The molecule has 0 radical (unpaired) electrons. The van der Waals surface area contributed by atoms with E-state index in [2.05, 4.69) is 37.8 Å². The molecule has 1 aromatic carbocycles. The minimum Gasteiger partial charge on any atom is -0.493 e. The summed E-state index contributed by atoms with van der Waals surface area (Å²) in [7, 11) is 1.64. The summed E-state index contributed by atoms with van der Waals surface area (Å²) in [6.07, 6.45) is 3.54. The Labute approximate surface area is 190 Å². The molecule has 1 unspecified atom stereocenters. The van der Waals surface area contributed by atoms with Crippen LogP contribution in [0.1, 0.15) is 12.6 Å². The number of imidazole rings is 1. The Morgan fingerprint density at radius 2 is 2.03 bits per heavy atom. The van der Waals surface area contributed by atoms with Crippen molar-refractivity contribution in [1.82, 2.24) is 29.4 Å². The van der Waals surface area contributed by atoms with Gasteiger partial charge in [-0.15, -0.1) is 0 Å². The quantitative estimate of drug-likeness (QED) is 0.319. The van der Waals surface area contributed by atoms with E-state index >= 15 is 0 Å². The van der Waals surface area contributed by atoms with Crippen LogP contribution in [0.3, 0.4) is 0 Å². The molecule has 168 valence electrons. The zero-order valence-corrected chi connectivity index (χ0v) is 18.8. The highest BCUT2D eigenvalue weighted by Gasteiger charge is 2.12. The Morgan fingerprint density at radius 3 is 2.84 bits per heavy atom. The van der Waals surface area contributed by atoms with Gasteiger partial charge >= 0.3 is 0 Å². The first-order valence-electron chi connectivity index (χ1n) is 10.4. The largest absolute Gasteiger partial charge is 0.493 e. The number of aromatic nitrogens is 5. The molecule has 0 bridgehead atoms. The van der Waals surface area contributed by atoms with Crippen LogP contribution in [-0.4, -0.2) is 43.8 Å². The van der Waals surface area contributed by atoms with Gasteiger partial charge in [-0.3, -0.25) is 14.3 Å². The van der Waals surface area contributed by atoms with Gasteiger partial charge in [0, 0.05) is 31.0 Å². The second kappa shape index (κ2) is 9.84. The molecule has 3 heterocycles. The molecule has 0 aliphatic heterocycles. The first-order valence-corrected chi connectivity index (χ1v) is 10.8. The molecule has 3 aromatic heterocycles. The van der Waals surface area contributed by atoms with Gasteiger partial charge in [-0.2, -0.15) is 0 Å². The van der Waals surface area contributed by atoms with E-state index in [1.807, 2.05) is 41.1 Å². The van der Waals surface area contributed by atoms with Crippen LogP contribution in [0.4, 0.5) is 0 Å². The molecule has 1 atom stereocenters. The maximum Gasteiger partial charge on any atom is 0.277 e. The molecule has 0 spiro atoms. The topological polar surface area (TPSA) is 102 Å². The minimum absolute atomic E-state index is 0.0979. The number of para-hydroxylation sites is 2. The lowest BCUT2D eigenvalue weighted by Gasteiger charge is -2.17. The predicted molar refractivity (Wildman–Crippen MR) is 125 cm³/mol. The summed E-state index contributed by atoms with van der Waals surface area (Å²) in [5.41, 5.74) is 1.88. The number of nitrogens with one attached hydrogen (secondary N) is 3. The van der Waals surface area contributed by atoms with Crippen molar-refractivity contribution in [1.29, 1.82) is 0 Å². The van der Waals surface area contributed by atoms with E-state index in [0.717, 1.165) is 23.7 Å². The third kappa shape index (κ3) is 4.76. The molecule has 4 aromatic rings. The summed E-state index contributed by atoms with van der Waals surface area (Å²) >= 11 is 5.34. The molecule has 10 heteroatoms. The Balaban J connectivity index is 1.34. The first kappa shape index (κ1) is 21.8. The Kier molecular flexibility index (Phi) is 6.72. The number of ether oxygens (including phenoxy) is 2. The molecule has 9 nitrogen and oxygen atoms in total. The summed E-state index contributed by atoms with van der Waals surface area (Å²) in [4.78, 5) is 21.8. The molecule has 4 rings (SSSR count). The summed E-state index contributed by atoms with van der Waals surface area (Å²) in [6.45, 7) is 4.58. The molecule has 0 saturated heterocycles. The summed E-state index contributed by atoms with van der Waals surface area (Å²) in [5.74, 6) is 1.46. The van der Waals surface area contributed by atoms with Crippen LogP contribution in [0.15, 0.2) is 53.7 Å². The smallest absolute Gasteiger partial charge is 0.277 e. The fraction of sp³-hybridized carbons (Fsp3) is 0.318. The highest BCUT2D eigenvalue weighted by molar-refractivity contribution is 7.71. The van der Waals surface area contributed by atoms with Gasteiger partial charge < -0.3 is 24.3 Å². The lowest BCUT2D eigenvalue weighted by molar-refractivity contribution is 0.278. The second-order valence-corrected chi connectivity index (χ2v) is 7.83. The summed E-state index contributed by atoms with van der Waals surface area (Å²) in [5, 5.41) is 3.52. The molecule has 0 aliphatic rings. The van der Waals surface area contributed by atoms with Crippen LogP contribution in [0, 0.1) is 4.77 Å². The third-order valence-electron chi connectivity index (χ3n) is 5.24. The average molecular weight is 455 g/mol. The number of aromatic amines is 2. The average Bonchev–Trinajstić information content (AvgIpc) is 3.45. The van der Waals surface area contributed by atoms with Gasteiger partial charge in [0.15, 0.2) is 21.9 Å². The van der Waals surface area contributed by atoms with E-state index in [-0.39, 0.29) is 11.6 Å². The maximum atomic E-state index is 12.0. The summed E-state index contributed by atoms with van der Waals surface area (Å²) < 4.78 is 15.6. The van der Waals surface area contributed by atoms with Gasteiger partial charge in [-0.05, 0) is 43.4 Å². The second-order valence-electron chi connectivity index (χ2n) is 7.45.